The van der Waals surface area contributed by atoms with Gasteiger partial charge < -0.3 is 11.9 Å². The van der Waals surface area contributed by atoms with E-state index in [4.69, 9.17) is 0 Å². The summed E-state index contributed by atoms with van der Waals surface area (Å²) in [6.45, 7) is 3.78. The number of hydrogen-bond donors (Lipinski definition) is 0. The molecule has 0 saturated carbocycles. The van der Waals surface area contributed by atoms with Crippen LogP contribution in [0.2, 0.25) is 0 Å². The van der Waals surface area contributed by atoms with Gasteiger partial charge in [0.15, 0.2) is 0 Å². The predicted molar refractivity (Wildman–Crippen MR) is 63.2 cm³/mol. The first-order valence-electron chi connectivity index (χ1n) is 5.03. The van der Waals surface area contributed by atoms with Crippen LogP contribution in [0.25, 0.3) is 0 Å². The van der Waals surface area contributed by atoms with Crippen molar-refractivity contribution in [2.24, 2.45) is 0 Å². The average Bonchev–Trinajstić information content (AvgIpc) is 2.34. The van der Waals surface area contributed by atoms with Gasteiger partial charge in [0.1, 0.15) is 0 Å². The predicted octanol–water partition coefficient (Wildman–Crippen LogP) is 3.33. The molecule has 2 rings (SSSR count). The van der Waals surface area contributed by atoms with Crippen LogP contribution in [0.3, 0.4) is 0 Å². The molecule has 0 atom stereocenters. The molecular weight excluding hydrogens is 246 g/mol. The molecule has 0 aliphatic carbocycles. The van der Waals surface area contributed by atoms with Gasteiger partial charge in [-0.2, -0.15) is 24.6 Å². The van der Waals surface area contributed by atoms with E-state index in [0.717, 1.165) is 12.8 Å². The standard InChI is InChI=1S/C9H11.C5H4N.Cu/c1-2-6-9-7-4-3-5-8-9;1-2-4-6-5-3-1;/h3-5,7-8H,1-2,6H2;1-4H;/q2*-1;+2. The molecule has 0 fully saturated rings. The van der Waals surface area contributed by atoms with Gasteiger partial charge in [-0.05, 0) is 0 Å². The maximum Gasteiger partial charge on any atom is 2.00 e. The van der Waals surface area contributed by atoms with Gasteiger partial charge in [0, 0.05) is 0 Å². The molecule has 1 heterocycles. The Morgan fingerprint density at radius 3 is 2.19 bits per heavy atom. The molecule has 0 bridgehead atoms. The third-order valence-electron chi connectivity index (χ3n) is 1.83. The van der Waals surface area contributed by atoms with Gasteiger partial charge in [-0.25, -0.2) is 0 Å². The number of nitrogens with zero attached hydrogens (tertiary/aromatic N) is 1. The topological polar surface area (TPSA) is 12.9 Å². The second kappa shape index (κ2) is 10.4. The van der Waals surface area contributed by atoms with Crippen LogP contribution in [0, 0.1) is 13.1 Å². The number of aryl methyl sites for hydroxylation is 1. The Balaban J connectivity index is 0.000000283. The average molecular weight is 261 g/mol. The Labute approximate surface area is 108 Å². The number of rotatable bonds is 2. The Morgan fingerprint density at radius 2 is 1.81 bits per heavy atom. The summed E-state index contributed by atoms with van der Waals surface area (Å²) in [5.41, 5.74) is 1.38. The molecule has 1 radical (unpaired) electrons. The molecule has 1 aromatic carbocycles. The molecule has 0 amide bonds. The fourth-order valence-corrected chi connectivity index (χ4v) is 1.13. The minimum Gasteiger partial charge on any atom is -0.394 e. The van der Waals surface area contributed by atoms with E-state index in [9.17, 15) is 0 Å². The van der Waals surface area contributed by atoms with Crippen LogP contribution in [0.4, 0.5) is 0 Å². The summed E-state index contributed by atoms with van der Waals surface area (Å²) < 4.78 is 0. The van der Waals surface area contributed by atoms with Crippen molar-refractivity contribution in [1.82, 2.24) is 4.98 Å². The molecule has 2 aromatic rings. The Kier molecular flexibility index (Phi) is 9.69. The van der Waals surface area contributed by atoms with E-state index >= 15 is 0 Å². The zero-order valence-electron chi connectivity index (χ0n) is 9.07. The van der Waals surface area contributed by atoms with Crippen LogP contribution in [0.5, 0.6) is 0 Å². The first-order chi connectivity index (χ1) is 7.43. The molecule has 1 aromatic heterocycles. The molecular formula is C14H15CuN. The van der Waals surface area contributed by atoms with Gasteiger partial charge in [0.05, 0.1) is 0 Å². The van der Waals surface area contributed by atoms with Gasteiger partial charge in [-0.15, -0.1) is 0 Å². The monoisotopic (exact) mass is 260 g/mol. The van der Waals surface area contributed by atoms with Crippen molar-refractivity contribution >= 4 is 0 Å². The zero-order chi connectivity index (χ0) is 10.8. The normalized spacial score (nSPS) is 8.31. The maximum atomic E-state index is 3.78. The van der Waals surface area contributed by atoms with Crippen molar-refractivity contribution < 1.29 is 17.1 Å². The SMILES string of the molecule is [CH2-]CCc1ccccc1.[Cu+2].[c-]1ccccn1. The Morgan fingerprint density at radius 1 is 1.06 bits per heavy atom. The summed E-state index contributed by atoms with van der Waals surface area (Å²) in [6.07, 6.45) is 6.42. The van der Waals surface area contributed by atoms with Gasteiger partial charge in [-0.1, -0.05) is 54.7 Å². The van der Waals surface area contributed by atoms with E-state index in [1.807, 2.05) is 18.2 Å². The summed E-state index contributed by atoms with van der Waals surface area (Å²) in [5, 5.41) is 0. The third kappa shape index (κ3) is 7.22. The van der Waals surface area contributed by atoms with Crippen LogP contribution in [-0.4, -0.2) is 4.98 Å². The molecule has 0 aliphatic rings. The van der Waals surface area contributed by atoms with Crippen molar-refractivity contribution in [1.29, 1.82) is 0 Å². The summed E-state index contributed by atoms with van der Waals surface area (Å²) in [4.78, 5) is 3.66. The van der Waals surface area contributed by atoms with Crippen LogP contribution >= 0.6 is 0 Å². The summed E-state index contributed by atoms with van der Waals surface area (Å²) in [7, 11) is 0. The summed E-state index contributed by atoms with van der Waals surface area (Å²) in [5.74, 6) is 0. The van der Waals surface area contributed by atoms with E-state index in [1.165, 1.54) is 5.56 Å². The molecule has 0 unspecified atom stereocenters. The van der Waals surface area contributed by atoms with Gasteiger partial charge in [0.2, 0.25) is 0 Å². The smallest absolute Gasteiger partial charge is 0.394 e. The van der Waals surface area contributed by atoms with Crippen LogP contribution in [0.1, 0.15) is 12.0 Å². The molecule has 0 spiro atoms. The number of aromatic nitrogens is 1. The minimum atomic E-state index is 0. The van der Waals surface area contributed by atoms with E-state index < -0.39 is 0 Å². The fraction of sp³-hybridized carbons (Fsp3) is 0.143. The molecule has 87 valence electrons. The maximum absolute atomic E-state index is 3.78. The largest absolute Gasteiger partial charge is 2.00 e. The van der Waals surface area contributed by atoms with Crippen molar-refractivity contribution in [2.75, 3.05) is 0 Å². The molecule has 16 heavy (non-hydrogen) atoms. The van der Waals surface area contributed by atoms with Crippen LogP contribution < -0.4 is 0 Å². The van der Waals surface area contributed by atoms with Crippen molar-refractivity contribution in [2.45, 2.75) is 12.8 Å². The van der Waals surface area contributed by atoms with Gasteiger partial charge >= 0.3 is 17.1 Å². The molecule has 0 N–H and O–H groups in total. The molecule has 1 nitrogen and oxygen atoms in total. The van der Waals surface area contributed by atoms with Crippen LogP contribution in [-0.2, 0) is 23.5 Å². The first-order valence-corrected chi connectivity index (χ1v) is 5.03. The van der Waals surface area contributed by atoms with Crippen LogP contribution in [0.15, 0.2) is 54.7 Å². The Bertz CT molecular complexity index is 308. The fourth-order valence-electron chi connectivity index (χ4n) is 1.13. The second-order valence-corrected chi connectivity index (χ2v) is 3.05. The second-order valence-electron chi connectivity index (χ2n) is 3.05. The molecule has 0 aliphatic heterocycles. The first kappa shape index (κ1) is 14.9. The van der Waals surface area contributed by atoms with Crippen molar-refractivity contribution in [3.05, 3.63) is 73.4 Å². The molecule has 2 heteroatoms. The summed E-state index contributed by atoms with van der Waals surface area (Å²) >= 11 is 0. The number of hydrogen-bond acceptors (Lipinski definition) is 1. The Hall–Kier alpha value is -1.11. The molecule has 0 saturated heterocycles. The minimum absolute atomic E-state index is 0. The number of benzene rings is 1. The summed E-state index contributed by atoms with van der Waals surface area (Å²) in [6, 6.07) is 15.9. The van der Waals surface area contributed by atoms with E-state index in [-0.39, 0.29) is 17.1 Å². The van der Waals surface area contributed by atoms with E-state index in [2.05, 4.69) is 42.4 Å². The van der Waals surface area contributed by atoms with E-state index in [1.54, 1.807) is 12.3 Å². The van der Waals surface area contributed by atoms with Gasteiger partial charge in [-0.3, -0.25) is 0 Å². The number of pyridine rings is 1. The van der Waals surface area contributed by atoms with E-state index in [0.29, 0.717) is 0 Å². The quantitative estimate of drug-likeness (QED) is 0.596. The van der Waals surface area contributed by atoms with Crippen molar-refractivity contribution in [3.63, 3.8) is 0 Å². The zero-order valence-corrected chi connectivity index (χ0v) is 10.0. The van der Waals surface area contributed by atoms with Crippen molar-refractivity contribution in [3.8, 4) is 0 Å². The van der Waals surface area contributed by atoms with Gasteiger partial charge in [0.25, 0.3) is 0 Å². The third-order valence-corrected chi connectivity index (χ3v) is 1.83.